The number of allylic oxidation sites excluding steroid dienone is 8. The maximum Gasteiger partial charge on any atom is 0.472 e. The van der Waals surface area contributed by atoms with Crippen LogP contribution in [0.3, 0.4) is 0 Å². The van der Waals surface area contributed by atoms with Crippen molar-refractivity contribution in [2.45, 2.75) is 199 Å². The first kappa shape index (κ1) is 55.7. The zero-order valence-electron chi connectivity index (χ0n) is 36.6. The number of hydrogen-bond acceptors (Lipinski definition) is 9. The molecule has 0 aromatic carbocycles. The Balaban J connectivity index is 4.22. The molecule has 3 atom stereocenters. The first-order chi connectivity index (χ1) is 28.2. The molecule has 0 saturated carbocycles. The lowest BCUT2D eigenvalue weighted by atomic mass is 10.0. The van der Waals surface area contributed by atoms with Crippen LogP contribution in [0, 0.1) is 0 Å². The highest BCUT2D eigenvalue weighted by Crippen LogP contribution is 2.43. The molecule has 0 aromatic rings. The van der Waals surface area contributed by atoms with Gasteiger partial charge in [-0.05, 0) is 44.9 Å². The fourth-order valence-corrected chi connectivity index (χ4v) is 6.87. The highest BCUT2D eigenvalue weighted by atomic mass is 31.2. The second kappa shape index (κ2) is 42.8. The molecule has 0 heterocycles. The van der Waals surface area contributed by atoms with Crippen molar-refractivity contribution in [2.24, 2.45) is 5.73 Å². The number of phosphoric acid groups is 1. The van der Waals surface area contributed by atoms with Crippen LogP contribution in [-0.2, 0) is 32.7 Å². The van der Waals surface area contributed by atoms with Gasteiger partial charge in [0.1, 0.15) is 6.61 Å². The van der Waals surface area contributed by atoms with Crippen molar-refractivity contribution >= 4 is 19.8 Å². The largest absolute Gasteiger partial charge is 0.472 e. The average Bonchev–Trinajstić information content (AvgIpc) is 3.21. The summed E-state index contributed by atoms with van der Waals surface area (Å²) in [6, 6.07) is 0. The van der Waals surface area contributed by atoms with Crippen LogP contribution in [0.1, 0.15) is 187 Å². The smallest absolute Gasteiger partial charge is 0.462 e. The minimum atomic E-state index is -4.40. The van der Waals surface area contributed by atoms with Crippen LogP contribution in [0.15, 0.2) is 60.8 Å². The van der Waals surface area contributed by atoms with Gasteiger partial charge in [0.05, 0.1) is 19.3 Å². The van der Waals surface area contributed by atoms with Gasteiger partial charge in [-0.15, -0.1) is 0 Å². The first-order valence-corrected chi connectivity index (χ1v) is 24.4. The third-order valence-electron chi connectivity index (χ3n) is 9.49. The Kier molecular flexibility index (Phi) is 41.1. The lowest BCUT2D eigenvalue weighted by molar-refractivity contribution is -0.161. The number of nitrogens with two attached hydrogens (primary N) is 1. The monoisotopic (exact) mass is 838 g/mol. The Labute approximate surface area is 353 Å². The molecule has 0 rings (SSSR count). The van der Waals surface area contributed by atoms with Gasteiger partial charge >= 0.3 is 19.8 Å². The number of phosphoric ester groups is 1. The maximum absolute atomic E-state index is 12.6. The van der Waals surface area contributed by atoms with Crippen LogP contribution >= 0.6 is 7.82 Å². The summed E-state index contributed by atoms with van der Waals surface area (Å²) in [6.07, 6.45) is 47.5. The third-order valence-corrected chi connectivity index (χ3v) is 10.5. The topological polar surface area (TPSA) is 155 Å². The Bertz CT molecular complexity index is 1150. The minimum absolute atomic E-state index is 0.0359. The van der Waals surface area contributed by atoms with E-state index in [1.54, 1.807) is 0 Å². The lowest BCUT2D eigenvalue weighted by Gasteiger charge is -2.19. The van der Waals surface area contributed by atoms with E-state index in [1.807, 2.05) is 55.5 Å². The Morgan fingerprint density at radius 1 is 0.621 bits per heavy atom. The number of rotatable bonds is 42. The van der Waals surface area contributed by atoms with Crippen molar-refractivity contribution in [3.05, 3.63) is 60.8 Å². The van der Waals surface area contributed by atoms with Gasteiger partial charge in [-0.1, -0.05) is 190 Å². The molecule has 0 aliphatic rings. The first-order valence-electron chi connectivity index (χ1n) is 22.9. The summed E-state index contributed by atoms with van der Waals surface area (Å²) in [5, 5.41) is 9.77. The molecule has 0 radical (unpaired) electrons. The summed E-state index contributed by atoms with van der Waals surface area (Å²) in [7, 11) is -4.40. The predicted octanol–water partition coefficient (Wildman–Crippen LogP) is 12.2. The molecule has 0 bridgehead atoms. The number of carbonyl (C=O) groups is 2. The van der Waals surface area contributed by atoms with E-state index in [9.17, 15) is 24.2 Å². The predicted molar refractivity (Wildman–Crippen MR) is 239 cm³/mol. The third kappa shape index (κ3) is 41.8. The zero-order valence-corrected chi connectivity index (χ0v) is 37.5. The number of aliphatic hydroxyl groups excluding tert-OH is 1. The Hall–Kier alpha value is -2.33. The fraction of sp³-hybridized carbons (Fsp3) is 0.745. The van der Waals surface area contributed by atoms with Crippen LogP contribution in [0.25, 0.3) is 0 Å². The van der Waals surface area contributed by atoms with E-state index in [2.05, 4.69) is 19.1 Å². The van der Waals surface area contributed by atoms with Crippen molar-refractivity contribution in [1.82, 2.24) is 0 Å². The van der Waals surface area contributed by atoms with E-state index in [-0.39, 0.29) is 32.6 Å². The Morgan fingerprint density at radius 3 is 1.71 bits per heavy atom. The molecule has 0 aliphatic heterocycles. The molecule has 10 nitrogen and oxygen atoms in total. The molecule has 336 valence electrons. The van der Waals surface area contributed by atoms with Crippen LogP contribution in [0.5, 0.6) is 0 Å². The highest BCUT2D eigenvalue weighted by Gasteiger charge is 2.26. The maximum atomic E-state index is 12.6. The van der Waals surface area contributed by atoms with Gasteiger partial charge in [-0.3, -0.25) is 18.6 Å². The standard InChI is InChI=1S/C47H84NO9P/c1-3-5-7-8-9-10-11-12-13-14-15-16-17-18-22-25-28-31-34-38-46(50)54-42-45(43-56-58(52,53)55-41-40-48)57-47(51)39-35-32-29-26-23-20-19-21-24-27-30-33-37-44(49)36-6-4-2/h6,19-20,24,26-27,29-30,33,36,44-45,49H,3-5,7-18,21-23,25,28,31-32,34-35,37-43,48H2,1-2H3,(H,52,53)/b20-19-,27-24-,29-26-,33-30+,36-6-/t44?,45-/m1/s1. The molecule has 11 heteroatoms. The van der Waals surface area contributed by atoms with E-state index in [4.69, 9.17) is 24.3 Å². The van der Waals surface area contributed by atoms with E-state index >= 15 is 0 Å². The highest BCUT2D eigenvalue weighted by molar-refractivity contribution is 7.47. The normalized spacial score (nSPS) is 14.4. The number of esters is 2. The molecule has 0 saturated heterocycles. The van der Waals surface area contributed by atoms with E-state index in [1.165, 1.54) is 103 Å². The van der Waals surface area contributed by atoms with Gasteiger partial charge < -0.3 is 25.2 Å². The van der Waals surface area contributed by atoms with Crippen molar-refractivity contribution in [3.63, 3.8) is 0 Å². The molecule has 4 N–H and O–H groups in total. The Morgan fingerprint density at radius 2 is 1.14 bits per heavy atom. The molecular weight excluding hydrogens is 753 g/mol. The van der Waals surface area contributed by atoms with Gasteiger partial charge in [-0.2, -0.15) is 0 Å². The minimum Gasteiger partial charge on any atom is -0.462 e. The second-order valence-electron chi connectivity index (χ2n) is 15.1. The van der Waals surface area contributed by atoms with Crippen molar-refractivity contribution in [1.29, 1.82) is 0 Å². The quantitative estimate of drug-likeness (QED) is 0.0178. The number of unbranched alkanes of at least 4 members (excludes halogenated alkanes) is 19. The van der Waals surface area contributed by atoms with Crippen LogP contribution in [-0.4, -0.2) is 60.5 Å². The zero-order chi connectivity index (χ0) is 42.6. The van der Waals surface area contributed by atoms with Gasteiger partial charge in [0.15, 0.2) is 6.10 Å². The number of hydrogen-bond donors (Lipinski definition) is 3. The molecule has 0 fully saturated rings. The number of aliphatic hydroxyl groups is 1. The average molecular weight is 838 g/mol. The van der Waals surface area contributed by atoms with Gasteiger partial charge in [-0.25, -0.2) is 4.57 Å². The molecule has 0 aliphatic carbocycles. The molecule has 58 heavy (non-hydrogen) atoms. The fourth-order valence-electron chi connectivity index (χ4n) is 6.10. The number of carbonyl (C=O) groups excluding carboxylic acids is 2. The van der Waals surface area contributed by atoms with Crippen LogP contribution < -0.4 is 5.73 Å². The van der Waals surface area contributed by atoms with Crippen molar-refractivity contribution in [2.75, 3.05) is 26.4 Å². The second-order valence-corrected chi connectivity index (χ2v) is 16.6. The molecule has 0 spiro atoms. The molecule has 0 aromatic heterocycles. The summed E-state index contributed by atoms with van der Waals surface area (Å²) in [5.41, 5.74) is 5.34. The van der Waals surface area contributed by atoms with Crippen molar-refractivity contribution < 1.29 is 42.7 Å². The SMILES string of the molecule is CC/C=C\C(O)C/C=C/C=C\C/C=C\C/C=C\CCCC(=O)O[C@H](COC(=O)CCCCCCCCCCCCCCCCCCCCC)COP(=O)(O)OCCN. The summed E-state index contributed by atoms with van der Waals surface area (Å²) >= 11 is 0. The van der Waals surface area contributed by atoms with E-state index < -0.39 is 38.6 Å². The summed E-state index contributed by atoms with van der Waals surface area (Å²) in [5.74, 6) is -0.918. The molecule has 2 unspecified atom stereocenters. The summed E-state index contributed by atoms with van der Waals surface area (Å²) in [6.45, 7) is 3.43. The van der Waals surface area contributed by atoms with Crippen LogP contribution in [0.4, 0.5) is 0 Å². The van der Waals surface area contributed by atoms with Gasteiger partial charge in [0.2, 0.25) is 0 Å². The summed E-state index contributed by atoms with van der Waals surface area (Å²) in [4.78, 5) is 34.9. The van der Waals surface area contributed by atoms with E-state index in [0.717, 1.165) is 38.5 Å². The van der Waals surface area contributed by atoms with Crippen molar-refractivity contribution in [3.8, 4) is 0 Å². The van der Waals surface area contributed by atoms with Gasteiger partial charge in [0, 0.05) is 19.4 Å². The van der Waals surface area contributed by atoms with Gasteiger partial charge in [0.25, 0.3) is 0 Å². The number of ether oxygens (including phenoxy) is 2. The summed E-state index contributed by atoms with van der Waals surface area (Å²) < 4.78 is 32.7. The molecular formula is C47H84NO9P. The molecule has 0 amide bonds. The lowest BCUT2D eigenvalue weighted by Crippen LogP contribution is -2.29. The van der Waals surface area contributed by atoms with E-state index in [0.29, 0.717) is 19.3 Å². The van der Waals surface area contributed by atoms with Crippen LogP contribution in [0.2, 0.25) is 0 Å².